The fourth-order valence-electron chi connectivity index (χ4n) is 1.14. The van der Waals surface area contributed by atoms with Crippen molar-refractivity contribution in [3.8, 4) is 0 Å². The van der Waals surface area contributed by atoms with Crippen molar-refractivity contribution in [2.75, 3.05) is 6.54 Å². The molecule has 0 saturated heterocycles. The number of aryl methyl sites for hydroxylation is 1. The number of unbranched alkanes of at least 4 members (excludes halogenated alkanes) is 1. The molecule has 0 bridgehead atoms. The molecular formula is C11H16N2O. The van der Waals surface area contributed by atoms with Crippen LogP contribution in [0.2, 0.25) is 0 Å². The van der Waals surface area contributed by atoms with Gasteiger partial charge in [0.2, 0.25) is 0 Å². The quantitative estimate of drug-likeness (QED) is 0.740. The molecule has 1 aromatic heterocycles. The standard InChI is InChI=1S/C11H16N2O/c1-3-4-8-12-11(14)10-7-5-6-9(2)13-10/h5-7H,3-4,8H2,1-2H3,(H,12,14). The average molecular weight is 192 g/mol. The third-order valence-electron chi connectivity index (χ3n) is 1.94. The lowest BCUT2D eigenvalue weighted by molar-refractivity contribution is 0.0948. The molecule has 1 aromatic rings. The lowest BCUT2D eigenvalue weighted by atomic mass is 10.3. The molecule has 0 saturated carbocycles. The second-order valence-corrected chi connectivity index (χ2v) is 3.27. The van der Waals surface area contributed by atoms with E-state index in [1.54, 1.807) is 6.07 Å². The van der Waals surface area contributed by atoms with Crippen LogP contribution in [-0.4, -0.2) is 17.4 Å². The van der Waals surface area contributed by atoms with Gasteiger partial charge in [-0.15, -0.1) is 0 Å². The number of amides is 1. The van der Waals surface area contributed by atoms with Crippen LogP contribution in [0, 0.1) is 6.92 Å². The van der Waals surface area contributed by atoms with E-state index in [-0.39, 0.29) is 5.91 Å². The van der Waals surface area contributed by atoms with Gasteiger partial charge in [-0.2, -0.15) is 0 Å². The summed E-state index contributed by atoms with van der Waals surface area (Å²) in [6.45, 7) is 4.70. The Morgan fingerprint density at radius 1 is 1.50 bits per heavy atom. The molecule has 0 aromatic carbocycles. The summed E-state index contributed by atoms with van der Waals surface area (Å²) < 4.78 is 0. The zero-order valence-electron chi connectivity index (χ0n) is 8.71. The third-order valence-corrected chi connectivity index (χ3v) is 1.94. The Morgan fingerprint density at radius 3 is 2.93 bits per heavy atom. The summed E-state index contributed by atoms with van der Waals surface area (Å²) in [6, 6.07) is 5.45. The minimum Gasteiger partial charge on any atom is -0.351 e. The van der Waals surface area contributed by atoms with E-state index in [4.69, 9.17) is 0 Å². The first-order valence-corrected chi connectivity index (χ1v) is 4.96. The van der Waals surface area contributed by atoms with Gasteiger partial charge in [0, 0.05) is 12.2 Å². The van der Waals surface area contributed by atoms with E-state index in [1.165, 1.54) is 0 Å². The largest absolute Gasteiger partial charge is 0.351 e. The van der Waals surface area contributed by atoms with Crippen LogP contribution in [0.3, 0.4) is 0 Å². The summed E-state index contributed by atoms with van der Waals surface area (Å²) in [7, 11) is 0. The van der Waals surface area contributed by atoms with Crippen LogP contribution in [0.25, 0.3) is 0 Å². The molecule has 0 aliphatic rings. The Bertz CT molecular complexity index is 310. The first-order valence-electron chi connectivity index (χ1n) is 4.96. The predicted molar refractivity (Wildman–Crippen MR) is 56.2 cm³/mol. The molecule has 1 N–H and O–H groups in total. The van der Waals surface area contributed by atoms with Crippen molar-refractivity contribution in [3.63, 3.8) is 0 Å². The summed E-state index contributed by atoms with van der Waals surface area (Å²) in [5.74, 6) is -0.0813. The van der Waals surface area contributed by atoms with Crippen LogP contribution >= 0.6 is 0 Å². The highest BCUT2D eigenvalue weighted by Crippen LogP contribution is 1.97. The number of nitrogens with one attached hydrogen (secondary N) is 1. The molecule has 0 spiro atoms. The molecule has 0 atom stereocenters. The van der Waals surface area contributed by atoms with Crippen molar-refractivity contribution in [2.24, 2.45) is 0 Å². The minimum atomic E-state index is -0.0813. The van der Waals surface area contributed by atoms with Gasteiger partial charge in [-0.1, -0.05) is 19.4 Å². The number of carbonyl (C=O) groups excluding carboxylic acids is 1. The molecule has 3 nitrogen and oxygen atoms in total. The van der Waals surface area contributed by atoms with E-state index >= 15 is 0 Å². The van der Waals surface area contributed by atoms with Gasteiger partial charge in [-0.25, -0.2) is 4.98 Å². The van der Waals surface area contributed by atoms with Crippen LogP contribution in [0.15, 0.2) is 18.2 Å². The fourth-order valence-corrected chi connectivity index (χ4v) is 1.14. The summed E-state index contributed by atoms with van der Waals surface area (Å²) in [4.78, 5) is 15.6. The fraction of sp³-hybridized carbons (Fsp3) is 0.455. The summed E-state index contributed by atoms with van der Waals surface area (Å²) in [5, 5.41) is 2.83. The normalized spacial score (nSPS) is 9.86. The molecule has 0 aliphatic heterocycles. The van der Waals surface area contributed by atoms with Crippen molar-refractivity contribution in [1.29, 1.82) is 0 Å². The van der Waals surface area contributed by atoms with Gasteiger partial charge in [0.15, 0.2) is 0 Å². The number of pyridine rings is 1. The Hall–Kier alpha value is -1.38. The Balaban J connectivity index is 2.52. The van der Waals surface area contributed by atoms with Gasteiger partial charge >= 0.3 is 0 Å². The van der Waals surface area contributed by atoms with Crippen molar-refractivity contribution in [1.82, 2.24) is 10.3 Å². The molecule has 76 valence electrons. The van der Waals surface area contributed by atoms with Crippen molar-refractivity contribution in [2.45, 2.75) is 26.7 Å². The minimum absolute atomic E-state index is 0.0813. The van der Waals surface area contributed by atoms with Gasteiger partial charge in [0.25, 0.3) is 5.91 Å². The second-order valence-electron chi connectivity index (χ2n) is 3.27. The summed E-state index contributed by atoms with van der Waals surface area (Å²) in [6.07, 6.45) is 2.10. The second kappa shape index (κ2) is 5.37. The lowest BCUT2D eigenvalue weighted by Crippen LogP contribution is -2.25. The molecule has 0 aliphatic carbocycles. The van der Waals surface area contributed by atoms with E-state index in [9.17, 15) is 4.79 Å². The van der Waals surface area contributed by atoms with Gasteiger partial charge in [-0.05, 0) is 25.5 Å². The number of aromatic nitrogens is 1. The van der Waals surface area contributed by atoms with Gasteiger partial charge < -0.3 is 5.32 Å². The molecule has 0 radical (unpaired) electrons. The number of nitrogens with zero attached hydrogens (tertiary/aromatic N) is 1. The van der Waals surface area contributed by atoms with Gasteiger partial charge in [-0.3, -0.25) is 4.79 Å². The van der Waals surface area contributed by atoms with Crippen molar-refractivity contribution in [3.05, 3.63) is 29.6 Å². The Kier molecular flexibility index (Phi) is 4.11. The van der Waals surface area contributed by atoms with E-state index in [2.05, 4.69) is 17.2 Å². The van der Waals surface area contributed by atoms with E-state index in [0.717, 1.165) is 25.1 Å². The average Bonchev–Trinajstić information content (AvgIpc) is 2.18. The topological polar surface area (TPSA) is 42.0 Å². The number of rotatable bonds is 4. The molecule has 14 heavy (non-hydrogen) atoms. The zero-order valence-corrected chi connectivity index (χ0v) is 8.71. The van der Waals surface area contributed by atoms with Crippen LogP contribution in [0.5, 0.6) is 0 Å². The maximum Gasteiger partial charge on any atom is 0.269 e. The highest BCUT2D eigenvalue weighted by Gasteiger charge is 2.04. The maximum atomic E-state index is 11.5. The molecule has 1 amide bonds. The molecule has 0 fully saturated rings. The predicted octanol–water partition coefficient (Wildman–Crippen LogP) is 1.92. The maximum absolute atomic E-state index is 11.5. The number of hydrogen-bond acceptors (Lipinski definition) is 2. The van der Waals surface area contributed by atoms with Crippen LogP contribution in [0.1, 0.15) is 35.9 Å². The van der Waals surface area contributed by atoms with E-state index in [0.29, 0.717) is 5.69 Å². The summed E-state index contributed by atoms with van der Waals surface area (Å²) in [5.41, 5.74) is 1.37. The SMILES string of the molecule is CCCCNC(=O)c1cccc(C)n1. The van der Waals surface area contributed by atoms with Crippen molar-refractivity contribution < 1.29 is 4.79 Å². The van der Waals surface area contributed by atoms with Crippen LogP contribution < -0.4 is 5.32 Å². The highest BCUT2D eigenvalue weighted by atomic mass is 16.1. The molecule has 1 rings (SSSR count). The van der Waals surface area contributed by atoms with Gasteiger partial charge in [0.1, 0.15) is 5.69 Å². The van der Waals surface area contributed by atoms with E-state index in [1.807, 2.05) is 19.1 Å². The Labute approximate surface area is 84.6 Å². The lowest BCUT2D eigenvalue weighted by Gasteiger charge is -2.03. The number of carbonyl (C=O) groups is 1. The molecular weight excluding hydrogens is 176 g/mol. The molecule has 0 unspecified atom stereocenters. The highest BCUT2D eigenvalue weighted by molar-refractivity contribution is 5.92. The zero-order chi connectivity index (χ0) is 10.4. The van der Waals surface area contributed by atoms with Crippen LogP contribution in [-0.2, 0) is 0 Å². The smallest absolute Gasteiger partial charge is 0.269 e. The van der Waals surface area contributed by atoms with Gasteiger partial charge in [0.05, 0.1) is 0 Å². The first-order chi connectivity index (χ1) is 6.74. The first kappa shape index (κ1) is 10.7. The Morgan fingerprint density at radius 2 is 2.29 bits per heavy atom. The van der Waals surface area contributed by atoms with Crippen molar-refractivity contribution >= 4 is 5.91 Å². The third kappa shape index (κ3) is 3.17. The van der Waals surface area contributed by atoms with Crippen LogP contribution in [0.4, 0.5) is 0 Å². The van der Waals surface area contributed by atoms with E-state index < -0.39 is 0 Å². The summed E-state index contributed by atoms with van der Waals surface area (Å²) >= 11 is 0. The molecule has 3 heteroatoms. The monoisotopic (exact) mass is 192 g/mol. The molecule has 1 heterocycles. The number of hydrogen-bond donors (Lipinski definition) is 1.